The predicted octanol–water partition coefficient (Wildman–Crippen LogP) is 7.13. The Kier molecular flexibility index (Phi) is 8.23. The second-order valence-electron chi connectivity index (χ2n) is 10.5. The summed E-state index contributed by atoms with van der Waals surface area (Å²) in [6, 6.07) is 20.1. The number of carbonyl (C=O) groups excluding carboxylic acids is 1. The van der Waals surface area contributed by atoms with Crippen molar-refractivity contribution >= 4 is 45.4 Å². The van der Waals surface area contributed by atoms with E-state index in [1.54, 1.807) is 24.4 Å². The molecule has 1 aliphatic heterocycles. The fourth-order valence-electron chi connectivity index (χ4n) is 5.23. The summed E-state index contributed by atoms with van der Waals surface area (Å²) in [7, 11) is 0. The summed E-state index contributed by atoms with van der Waals surface area (Å²) in [6.45, 7) is 2.89. The van der Waals surface area contributed by atoms with Crippen LogP contribution in [0.3, 0.4) is 0 Å². The van der Waals surface area contributed by atoms with E-state index in [4.69, 9.17) is 19.4 Å². The molecule has 0 aliphatic carbocycles. The van der Waals surface area contributed by atoms with Gasteiger partial charge in [0.05, 0.1) is 24.6 Å². The average molecular weight is 640 g/mol. The molecule has 1 fully saturated rings. The lowest BCUT2D eigenvalue weighted by Crippen LogP contribution is -2.36. The fourth-order valence-corrected chi connectivity index (χ4v) is 5.94. The van der Waals surface area contributed by atoms with Crippen molar-refractivity contribution in [2.45, 2.75) is 6.61 Å². The molecule has 2 N–H and O–H groups in total. The third-order valence-corrected chi connectivity index (χ3v) is 8.09. The third kappa shape index (κ3) is 6.50. The van der Waals surface area contributed by atoms with Gasteiger partial charge >= 0.3 is 6.09 Å². The zero-order valence-electron chi connectivity index (χ0n) is 24.3. The summed E-state index contributed by atoms with van der Waals surface area (Å²) in [6.07, 6.45) is 2.86. The van der Waals surface area contributed by atoms with Crippen molar-refractivity contribution < 1.29 is 23.0 Å². The van der Waals surface area contributed by atoms with E-state index in [2.05, 4.69) is 32.7 Å². The maximum atomic E-state index is 13.5. The lowest BCUT2D eigenvalue weighted by atomic mass is 10.1. The number of anilines is 4. The van der Waals surface area contributed by atoms with Crippen molar-refractivity contribution in [1.29, 1.82) is 0 Å². The van der Waals surface area contributed by atoms with Gasteiger partial charge in [0.2, 0.25) is 5.95 Å². The number of halogens is 2. The number of aromatic nitrogens is 4. The number of rotatable bonds is 8. The van der Waals surface area contributed by atoms with E-state index in [0.29, 0.717) is 23.0 Å². The topological polar surface area (TPSA) is 106 Å². The Morgan fingerprint density at radius 1 is 0.957 bits per heavy atom. The molecule has 6 aromatic rings. The maximum Gasteiger partial charge on any atom is 0.411 e. The molecule has 0 atom stereocenters. The molecule has 1 saturated heterocycles. The Labute approximate surface area is 266 Å². The van der Waals surface area contributed by atoms with Gasteiger partial charge in [-0.1, -0.05) is 12.1 Å². The number of morpholine rings is 1. The largest absolute Gasteiger partial charge is 0.444 e. The highest BCUT2D eigenvalue weighted by Gasteiger charge is 2.19. The van der Waals surface area contributed by atoms with Crippen LogP contribution in [0, 0.1) is 11.6 Å². The minimum atomic E-state index is -0.766. The first kappa shape index (κ1) is 29.3. The lowest BCUT2D eigenvalue weighted by Gasteiger charge is -2.28. The van der Waals surface area contributed by atoms with Crippen molar-refractivity contribution in [1.82, 2.24) is 19.4 Å². The molecule has 0 radical (unpaired) electrons. The van der Waals surface area contributed by atoms with Crippen LogP contribution in [-0.2, 0) is 16.1 Å². The van der Waals surface area contributed by atoms with Crippen molar-refractivity contribution in [2.24, 2.45) is 0 Å². The molecule has 0 unspecified atom stereocenters. The molecular formula is C33H27F2N7O3S. The molecule has 10 nitrogen and oxygen atoms in total. The van der Waals surface area contributed by atoms with Gasteiger partial charge in [-0.15, -0.1) is 11.3 Å². The third-order valence-electron chi connectivity index (χ3n) is 7.33. The number of hydrogen-bond donors (Lipinski definition) is 2. The van der Waals surface area contributed by atoms with Crippen LogP contribution >= 0.6 is 11.3 Å². The van der Waals surface area contributed by atoms with Gasteiger partial charge in [0.25, 0.3) is 0 Å². The van der Waals surface area contributed by atoms with E-state index >= 15 is 0 Å². The van der Waals surface area contributed by atoms with Crippen molar-refractivity contribution in [3.05, 3.63) is 108 Å². The number of nitrogens with one attached hydrogen (secondary N) is 2. The normalized spacial score (nSPS) is 13.1. The molecule has 232 valence electrons. The number of ether oxygens (including phenoxy) is 2. The van der Waals surface area contributed by atoms with Gasteiger partial charge in [0.15, 0.2) is 4.96 Å². The number of nitrogens with zero attached hydrogens (tertiary/aromatic N) is 5. The van der Waals surface area contributed by atoms with E-state index in [1.165, 1.54) is 11.3 Å². The van der Waals surface area contributed by atoms with Crippen LogP contribution in [0.5, 0.6) is 0 Å². The minimum absolute atomic E-state index is 0.202. The van der Waals surface area contributed by atoms with Crippen LogP contribution in [-0.4, -0.2) is 51.7 Å². The Hall–Kier alpha value is -5.40. The number of imidazole rings is 1. The quantitative estimate of drug-likeness (QED) is 0.181. The van der Waals surface area contributed by atoms with Gasteiger partial charge in [-0.05, 0) is 60.2 Å². The van der Waals surface area contributed by atoms with Gasteiger partial charge in [0, 0.05) is 59.6 Å². The Morgan fingerprint density at radius 3 is 2.57 bits per heavy atom. The van der Waals surface area contributed by atoms with E-state index in [1.807, 2.05) is 40.2 Å². The molecule has 13 heteroatoms. The molecule has 1 aliphatic rings. The van der Waals surface area contributed by atoms with Gasteiger partial charge < -0.3 is 19.7 Å². The number of carbonyl (C=O) groups is 1. The fraction of sp³-hybridized carbons (Fsp3) is 0.152. The standard InChI is InChI=1S/C33H27F2N7O3S/c34-23-16-21(17-24(35)19-23)20-45-33(43)38-26-3-1-2-22(18-26)29-30(42-12-15-46-32(42)40-29)28-8-9-36-31(39-28)37-25-4-6-27(7-5-25)41-10-13-44-14-11-41/h1-9,12,15-19H,10-11,13-14,20H2,(H,38,43)(H,36,37,39). The molecule has 3 aromatic carbocycles. The van der Waals surface area contributed by atoms with E-state index in [9.17, 15) is 13.6 Å². The number of amides is 1. The summed E-state index contributed by atoms with van der Waals surface area (Å²) in [5.41, 5.74) is 5.48. The van der Waals surface area contributed by atoms with Crippen LogP contribution in [0.2, 0.25) is 0 Å². The second-order valence-corrected chi connectivity index (χ2v) is 11.3. The van der Waals surface area contributed by atoms with Crippen molar-refractivity contribution in [3.63, 3.8) is 0 Å². The number of fused-ring (bicyclic) bond motifs is 1. The first-order valence-corrected chi connectivity index (χ1v) is 15.3. The highest BCUT2D eigenvalue weighted by Crippen LogP contribution is 2.35. The van der Waals surface area contributed by atoms with Gasteiger partial charge in [-0.2, -0.15) is 0 Å². The van der Waals surface area contributed by atoms with Crippen LogP contribution in [0.1, 0.15) is 5.56 Å². The molecular weight excluding hydrogens is 612 g/mol. The average Bonchev–Trinajstić information content (AvgIpc) is 3.67. The van der Waals surface area contributed by atoms with Gasteiger partial charge in [0.1, 0.15) is 23.9 Å². The molecule has 0 bridgehead atoms. The number of thiazole rings is 1. The molecule has 0 saturated carbocycles. The summed E-state index contributed by atoms with van der Waals surface area (Å²) < 4.78 is 39.6. The molecule has 7 rings (SSSR count). The molecule has 46 heavy (non-hydrogen) atoms. The molecule has 1 amide bonds. The zero-order chi connectivity index (χ0) is 31.5. The predicted molar refractivity (Wildman–Crippen MR) is 172 cm³/mol. The van der Waals surface area contributed by atoms with E-state index in [0.717, 1.165) is 72.1 Å². The number of hydrogen-bond acceptors (Lipinski definition) is 9. The van der Waals surface area contributed by atoms with Crippen LogP contribution in [0.15, 0.2) is 90.6 Å². The monoisotopic (exact) mass is 639 g/mol. The SMILES string of the molecule is O=C(Nc1cccc(-c2nc3sccn3c2-c2ccnc(Nc3ccc(N4CCOCC4)cc3)n2)c1)OCc1cc(F)cc(F)c1. The van der Waals surface area contributed by atoms with Crippen LogP contribution < -0.4 is 15.5 Å². The van der Waals surface area contributed by atoms with Gasteiger partial charge in [-0.25, -0.2) is 28.5 Å². The lowest BCUT2D eigenvalue weighted by molar-refractivity contribution is 0.122. The summed E-state index contributed by atoms with van der Waals surface area (Å²) in [5, 5.41) is 7.93. The highest BCUT2D eigenvalue weighted by molar-refractivity contribution is 7.15. The summed E-state index contributed by atoms with van der Waals surface area (Å²) >= 11 is 1.49. The zero-order valence-corrected chi connectivity index (χ0v) is 25.1. The smallest absolute Gasteiger partial charge is 0.411 e. The second kappa shape index (κ2) is 12.9. The minimum Gasteiger partial charge on any atom is -0.444 e. The van der Waals surface area contributed by atoms with E-state index < -0.39 is 17.7 Å². The first-order valence-electron chi connectivity index (χ1n) is 14.5. The highest BCUT2D eigenvalue weighted by atomic mass is 32.1. The molecule has 0 spiro atoms. The van der Waals surface area contributed by atoms with E-state index in [-0.39, 0.29) is 12.2 Å². The van der Waals surface area contributed by atoms with Gasteiger partial charge in [-0.3, -0.25) is 9.72 Å². The molecule has 4 heterocycles. The van der Waals surface area contributed by atoms with Crippen LogP contribution in [0.25, 0.3) is 27.6 Å². The van der Waals surface area contributed by atoms with Crippen LogP contribution in [0.4, 0.5) is 36.6 Å². The Bertz CT molecular complexity index is 1990. The van der Waals surface area contributed by atoms with Crippen molar-refractivity contribution in [2.75, 3.05) is 41.8 Å². The van der Waals surface area contributed by atoms with Crippen molar-refractivity contribution in [3.8, 4) is 22.6 Å². The Balaban J connectivity index is 1.10. The maximum absolute atomic E-state index is 13.5. The molecule has 3 aromatic heterocycles. The Morgan fingerprint density at radius 2 is 1.76 bits per heavy atom. The summed E-state index contributed by atoms with van der Waals surface area (Å²) in [4.78, 5) is 29.7. The summed E-state index contributed by atoms with van der Waals surface area (Å²) in [5.74, 6) is -1.05. The first-order chi connectivity index (χ1) is 22.5. The number of benzene rings is 3.